The lowest BCUT2D eigenvalue weighted by Crippen LogP contribution is -2.22. The molecule has 2 nitrogen and oxygen atoms in total. The summed E-state index contributed by atoms with van der Waals surface area (Å²) in [6, 6.07) is 19.1. The third-order valence-corrected chi connectivity index (χ3v) is 2.84. The van der Waals surface area contributed by atoms with Crippen LogP contribution < -0.4 is 5.32 Å². The molecule has 0 saturated heterocycles. The average molecular weight is 251 g/mol. The number of rotatable bonds is 3. The van der Waals surface area contributed by atoms with E-state index in [-0.39, 0.29) is 5.91 Å². The van der Waals surface area contributed by atoms with E-state index in [1.807, 2.05) is 74.5 Å². The van der Waals surface area contributed by atoms with E-state index in [9.17, 15) is 4.79 Å². The molecule has 2 heteroatoms. The maximum atomic E-state index is 12.2. The smallest absolute Gasteiger partial charge is 0.255 e. The maximum absolute atomic E-state index is 12.2. The molecule has 0 heterocycles. The lowest BCUT2D eigenvalue weighted by molar-refractivity contribution is 0.0973. The van der Waals surface area contributed by atoms with Crippen molar-refractivity contribution in [3.63, 3.8) is 0 Å². The first-order valence-corrected chi connectivity index (χ1v) is 6.28. The predicted octanol–water partition coefficient (Wildman–Crippen LogP) is 3.87. The fraction of sp³-hybridized carbons (Fsp3) is 0.118. The molecule has 0 bridgehead atoms. The Hall–Kier alpha value is -2.35. The second-order valence-corrected chi connectivity index (χ2v) is 4.56. The predicted molar refractivity (Wildman–Crippen MR) is 78.6 cm³/mol. The van der Waals surface area contributed by atoms with E-state index < -0.39 is 0 Å². The third-order valence-electron chi connectivity index (χ3n) is 2.84. The molecular formula is C17H17NO. The first kappa shape index (κ1) is 13.1. The van der Waals surface area contributed by atoms with Gasteiger partial charge in [-0.2, -0.15) is 0 Å². The van der Waals surface area contributed by atoms with Crippen molar-refractivity contribution >= 4 is 11.6 Å². The highest BCUT2D eigenvalue weighted by atomic mass is 16.1. The first-order chi connectivity index (χ1) is 9.18. The summed E-state index contributed by atoms with van der Waals surface area (Å²) in [6.07, 6.45) is 0. The van der Waals surface area contributed by atoms with Gasteiger partial charge in [-0.05, 0) is 31.5 Å². The number of hydrogen-bond donors (Lipinski definition) is 1. The molecule has 0 radical (unpaired) electrons. The molecule has 2 aromatic carbocycles. The second-order valence-electron chi connectivity index (χ2n) is 4.56. The highest BCUT2D eigenvalue weighted by molar-refractivity contribution is 5.99. The molecule has 0 aliphatic heterocycles. The van der Waals surface area contributed by atoms with Gasteiger partial charge in [0.15, 0.2) is 0 Å². The van der Waals surface area contributed by atoms with Crippen molar-refractivity contribution in [3.05, 3.63) is 77.4 Å². The zero-order valence-electron chi connectivity index (χ0n) is 11.2. The number of hydrogen-bond acceptors (Lipinski definition) is 1. The summed E-state index contributed by atoms with van der Waals surface area (Å²) in [5.41, 5.74) is 3.63. The van der Waals surface area contributed by atoms with Crippen LogP contribution in [-0.2, 0) is 0 Å². The fourth-order valence-electron chi connectivity index (χ4n) is 1.87. The van der Waals surface area contributed by atoms with E-state index in [0.29, 0.717) is 5.56 Å². The van der Waals surface area contributed by atoms with Crippen LogP contribution in [0.25, 0.3) is 5.70 Å². The molecule has 0 saturated carbocycles. The van der Waals surface area contributed by atoms with E-state index in [1.165, 1.54) is 0 Å². The summed E-state index contributed by atoms with van der Waals surface area (Å²) in [7, 11) is 0. The van der Waals surface area contributed by atoms with Crippen LogP contribution in [0, 0.1) is 0 Å². The number of benzene rings is 2. The highest BCUT2D eigenvalue weighted by Crippen LogP contribution is 2.16. The molecule has 96 valence electrons. The number of allylic oxidation sites excluding steroid dienone is 1. The Morgan fingerprint density at radius 1 is 0.789 bits per heavy atom. The van der Waals surface area contributed by atoms with Crippen molar-refractivity contribution in [1.82, 2.24) is 5.32 Å². The van der Waals surface area contributed by atoms with Crippen LogP contribution in [-0.4, -0.2) is 5.91 Å². The summed E-state index contributed by atoms with van der Waals surface area (Å²) >= 11 is 0. The Balaban J connectivity index is 2.25. The summed E-state index contributed by atoms with van der Waals surface area (Å²) in [5.74, 6) is -0.0827. The molecule has 0 atom stereocenters. The Labute approximate surface area is 113 Å². The van der Waals surface area contributed by atoms with Crippen molar-refractivity contribution in [2.24, 2.45) is 0 Å². The molecule has 0 aromatic heterocycles. The summed E-state index contributed by atoms with van der Waals surface area (Å²) in [6.45, 7) is 3.99. The molecule has 0 fully saturated rings. The van der Waals surface area contributed by atoms with Crippen molar-refractivity contribution in [3.8, 4) is 0 Å². The van der Waals surface area contributed by atoms with E-state index in [2.05, 4.69) is 5.32 Å². The van der Waals surface area contributed by atoms with Crippen LogP contribution in [0.5, 0.6) is 0 Å². The van der Waals surface area contributed by atoms with Crippen LogP contribution in [0.4, 0.5) is 0 Å². The van der Waals surface area contributed by atoms with Crippen LogP contribution in [0.2, 0.25) is 0 Å². The van der Waals surface area contributed by atoms with Gasteiger partial charge in [0, 0.05) is 11.3 Å². The topological polar surface area (TPSA) is 29.1 Å². The van der Waals surface area contributed by atoms with Crippen LogP contribution in [0.3, 0.4) is 0 Å². The van der Waals surface area contributed by atoms with Crippen molar-refractivity contribution in [2.45, 2.75) is 13.8 Å². The second kappa shape index (κ2) is 6.01. The Kier molecular flexibility index (Phi) is 4.14. The van der Waals surface area contributed by atoms with Gasteiger partial charge in [-0.1, -0.05) is 54.1 Å². The third kappa shape index (κ3) is 3.32. The molecule has 1 amide bonds. The Morgan fingerprint density at radius 2 is 1.26 bits per heavy atom. The van der Waals surface area contributed by atoms with Crippen molar-refractivity contribution < 1.29 is 4.79 Å². The van der Waals surface area contributed by atoms with Gasteiger partial charge >= 0.3 is 0 Å². The molecule has 2 rings (SSSR count). The van der Waals surface area contributed by atoms with Crippen LogP contribution in [0.15, 0.2) is 66.2 Å². The van der Waals surface area contributed by atoms with Crippen LogP contribution >= 0.6 is 0 Å². The fourth-order valence-corrected chi connectivity index (χ4v) is 1.87. The van der Waals surface area contributed by atoms with E-state index in [1.54, 1.807) is 0 Å². The minimum Gasteiger partial charge on any atom is -0.322 e. The minimum atomic E-state index is -0.0827. The first-order valence-electron chi connectivity index (χ1n) is 6.28. The number of carbonyl (C=O) groups excluding carboxylic acids is 1. The molecule has 0 aliphatic carbocycles. The van der Waals surface area contributed by atoms with Gasteiger partial charge in [-0.3, -0.25) is 4.79 Å². The molecule has 19 heavy (non-hydrogen) atoms. The monoisotopic (exact) mass is 251 g/mol. The van der Waals surface area contributed by atoms with E-state index >= 15 is 0 Å². The molecule has 2 aromatic rings. The standard InChI is InChI=1S/C17H17NO/c1-13(2)16(14-9-5-3-6-10-14)18-17(19)15-11-7-4-8-12-15/h3-12H,1-2H3,(H,18,19). The Bertz CT molecular complexity index is 581. The highest BCUT2D eigenvalue weighted by Gasteiger charge is 2.09. The van der Waals surface area contributed by atoms with Crippen molar-refractivity contribution in [1.29, 1.82) is 0 Å². The SMILES string of the molecule is CC(C)=C(NC(=O)c1ccccc1)c1ccccc1. The summed E-state index contributed by atoms with van der Waals surface area (Å²) in [5, 5.41) is 2.99. The zero-order valence-corrected chi connectivity index (χ0v) is 11.2. The average Bonchev–Trinajstić information content (AvgIpc) is 2.46. The number of amides is 1. The largest absolute Gasteiger partial charge is 0.322 e. The van der Waals surface area contributed by atoms with Gasteiger partial charge in [0.1, 0.15) is 0 Å². The number of nitrogens with one attached hydrogen (secondary N) is 1. The zero-order chi connectivity index (χ0) is 13.7. The van der Waals surface area contributed by atoms with E-state index in [4.69, 9.17) is 0 Å². The molecule has 0 aliphatic rings. The van der Waals surface area contributed by atoms with Gasteiger partial charge in [-0.15, -0.1) is 0 Å². The minimum absolute atomic E-state index is 0.0827. The van der Waals surface area contributed by atoms with Gasteiger partial charge in [0.25, 0.3) is 5.91 Å². The Morgan fingerprint density at radius 3 is 1.74 bits per heavy atom. The van der Waals surface area contributed by atoms with E-state index in [0.717, 1.165) is 16.8 Å². The lowest BCUT2D eigenvalue weighted by Gasteiger charge is -2.12. The quantitative estimate of drug-likeness (QED) is 0.881. The molecule has 0 unspecified atom stereocenters. The van der Waals surface area contributed by atoms with Crippen LogP contribution in [0.1, 0.15) is 29.8 Å². The van der Waals surface area contributed by atoms with Crippen molar-refractivity contribution in [2.75, 3.05) is 0 Å². The molecule has 1 N–H and O–H groups in total. The molecule has 0 spiro atoms. The molecular weight excluding hydrogens is 234 g/mol. The van der Waals surface area contributed by atoms with Gasteiger partial charge in [0.2, 0.25) is 0 Å². The number of carbonyl (C=O) groups is 1. The summed E-state index contributed by atoms with van der Waals surface area (Å²) in [4.78, 5) is 12.2. The van der Waals surface area contributed by atoms with Gasteiger partial charge in [-0.25, -0.2) is 0 Å². The summed E-state index contributed by atoms with van der Waals surface area (Å²) < 4.78 is 0. The van der Waals surface area contributed by atoms with Gasteiger partial charge in [0.05, 0.1) is 0 Å². The normalized spacial score (nSPS) is 9.79. The van der Waals surface area contributed by atoms with Gasteiger partial charge < -0.3 is 5.32 Å². The lowest BCUT2D eigenvalue weighted by atomic mass is 10.1. The maximum Gasteiger partial charge on any atom is 0.255 e.